The first kappa shape index (κ1) is 22.8. The molecule has 0 N–H and O–H groups in total. The molecule has 6 nitrogen and oxygen atoms in total. The van der Waals surface area contributed by atoms with Gasteiger partial charge in [-0.25, -0.2) is 0 Å². The molecule has 164 valence electrons. The second kappa shape index (κ2) is 11.5. The number of hydrogen-bond acceptors (Lipinski definition) is 6. The summed E-state index contributed by atoms with van der Waals surface area (Å²) in [5.41, 5.74) is 1.92. The molecule has 3 aromatic carbocycles. The second-order valence-corrected chi connectivity index (χ2v) is 6.70. The molecule has 0 atom stereocenters. The van der Waals surface area contributed by atoms with Crippen LogP contribution >= 0.6 is 0 Å². The van der Waals surface area contributed by atoms with Gasteiger partial charge in [0.25, 0.3) is 0 Å². The predicted molar refractivity (Wildman–Crippen MR) is 117 cm³/mol. The minimum absolute atomic E-state index is 0.0106. The van der Waals surface area contributed by atoms with Crippen molar-refractivity contribution in [3.8, 4) is 11.5 Å². The molecule has 0 aromatic heterocycles. The van der Waals surface area contributed by atoms with Crippen LogP contribution < -0.4 is 9.47 Å². The highest BCUT2D eigenvalue weighted by Crippen LogP contribution is 2.41. The standard InChI is InChI=1S/C25H28O6/c1-26-17-29-18-30-19-31-25(20-7-5-4-6-8-20,21-9-13-23(27-2)14-10-21)22-11-15-24(28-3)16-12-22/h4-16H,17-19H2,1-3H3. The molecule has 0 aliphatic carbocycles. The molecule has 31 heavy (non-hydrogen) atoms. The molecule has 3 rings (SSSR count). The van der Waals surface area contributed by atoms with Crippen molar-refractivity contribution in [1.82, 2.24) is 0 Å². The normalized spacial score (nSPS) is 11.3. The van der Waals surface area contributed by atoms with Crippen molar-refractivity contribution < 1.29 is 28.4 Å². The molecule has 0 aliphatic heterocycles. The van der Waals surface area contributed by atoms with Crippen LogP contribution in [0, 0.1) is 0 Å². The van der Waals surface area contributed by atoms with Crippen molar-refractivity contribution >= 4 is 0 Å². The van der Waals surface area contributed by atoms with E-state index in [9.17, 15) is 0 Å². The van der Waals surface area contributed by atoms with E-state index in [0.29, 0.717) is 0 Å². The van der Waals surface area contributed by atoms with Gasteiger partial charge in [0.1, 0.15) is 23.9 Å². The van der Waals surface area contributed by atoms with E-state index in [1.54, 1.807) is 21.3 Å². The van der Waals surface area contributed by atoms with Gasteiger partial charge < -0.3 is 28.4 Å². The Hall–Kier alpha value is -2.90. The van der Waals surface area contributed by atoms with Gasteiger partial charge >= 0.3 is 0 Å². The zero-order valence-electron chi connectivity index (χ0n) is 18.1. The summed E-state index contributed by atoms with van der Waals surface area (Å²) in [7, 11) is 4.85. The van der Waals surface area contributed by atoms with E-state index in [1.165, 1.54) is 0 Å². The van der Waals surface area contributed by atoms with E-state index < -0.39 is 5.60 Å². The van der Waals surface area contributed by atoms with E-state index in [2.05, 4.69) is 0 Å². The summed E-state index contributed by atoms with van der Waals surface area (Å²) < 4.78 is 32.9. The quantitative estimate of drug-likeness (QED) is 0.241. The summed E-state index contributed by atoms with van der Waals surface area (Å²) in [6.45, 7) is 0.224. The summed E-state index contributed by atoms with van der Waals surface area (Å²) in [5.74, 6) is 1.54. The Balaban J connectivity index is 2.05. The molecule has 0 heterocycles. The van der Waals surface area contributed by atoms with Gasteiger partial charge in [-0.05, 0) is 41.0 Å². The third kappa shape index (κ3) is 5.42. The summed E-state index contributed by atoms with van der Waals surface area (Å²) in [4.78, 5) is 0. The fraction of sp³-hybridized carbons (Fsp3) is 0.280. The van der Waals surface area contributed by atoms with Crippen LogP contribution in [-0.4, -0.2) is 41.7 Å². The number of methoxy groups -OCH3 is 3. The molecule has 0 amide bonds. The molecule has 0 aliphatic rings. The summed E-state index contributed by atoms with van der Waals surface area (Å²) >= 11 is 0. The molecule has 0 unspecified atom stereocenters. The average molecular weight is 424 g/mol. The summed E-state index contributed by atoms with van der Waals surface area (Å²) in [5, 5.41) is 0. The minimum Gasteiger partial charge on any atom is -0.497 e. The Bertz CT molecular complexity index is 846. The molecule has 0 bridgehead atoms. The smallest absolute Gasteiger partial charge is 0.152 e. The largest absolute Gasteiger partial charge is 0.497 e. The third-order valence-electron chi connectivity index (χ3n) is 4.90. The van der Waals surface area contributed by atoms with Gasteiger partial charge in [0.15, 0.2) is 13.6 Å². The Morgan fingerprint density at radius 1 is 0.548 bits per heavy atom. The molecule has 0 fully saturated rings. The molecule has 0 spiro atoms. The highest BCUT2D eigenvalue weighted by molar-refractivity contribution is 5.49. The van der Waals surface area contributed by atoms with Crippen molar-refractivity contribution in [3.63, 3.8) is 0 Å². The molecule has 0 saturated heterocycles. The van der Waals surface area contributed by atoms with E-state index >= 15 is 0 Å². The minimum atomic E-state index is -0.916. The lowest BCUT2D eigenvalue weighted by atomic mass is 9.80. The van der Waals surface area contributed by atoms with Crippen LogP contribution in [0.1, 0.15) is 16.7 Å². The van der Waals surface area contributed by atoms with Crippen LogP contribution in [0.15, 0.2) is 78.9 Å². The SMILES string of the molecule is COCOCOCOC(c1ccccc1)(c1ccc(OC)cc1)c1ccc(OC)cc1. The van der Waals surface area contributed by atoms with Crippen LogP contribution in [0.2, 0.25) is 0 Å². The first-order valence-electron chi connectivity index (χ1n) is 9.87. The lowest BCUT2D eigenvalue weighted by Gasteiger charge is -2.35. The Labute approximate surface area is 183 Å². The number of benzene rings is 3. The maximum atomic E-state index is 6.49. The lowest BCUT2D eigenvalue weighted by molar-refractivity contribution is -0.185. The van der Waals surface area contributed by atoms with Crippen molar-refractivity contribution in [1.29, 1.82) is 0 Å². The van der Waals surface area contributed by atoms with Gasteiger partial charge in [0.05, 0.1) is 14.2 Å². The van der Waals surface area contributed by atoms with Crippen molar-refractivity contribution in [2.75, 3.05) is 41.7 Å². The highest BCUT2D eigenvalue weighted by atomic mass is 16.8. The lowest BCUT2D eigenvalue weighted by Crippen LogP contribution is -2.34. The molecular weight excluding hydrogens is 396 g/mol. The van der Waals surface area contributed by atoms with Crippen LogP contribution in [0.25, 0.3) is 0 Å². The van der Waals surface area contributed by atoms with E-state index in [0.717, 1.165) is 28.2 Å². The summed E-state index contributed by atoms with van der Waals surface area (Å²) in [6, 6.07) is 25.7. The number of ether oxygens (including phenoxy) is 6. The van der Waals surface area contributed by atoms with Crippen LogP contribution in [0.4, 0.5) is 0 Å². The average Bonchev–Trinajstić information content (AvgIpc) is 2.85. The predicted octanol–water partition coefficient (Wildman–Crippen LogP) is 4.56. The molecule has 6 heteroatoms. The van der Waals surface area contributed by atoms with Gasteiger partial charge in [-0.2, -0.15) is 0 Å². The fourth-order valence-electron chi connectivity index (χ4n) is 3.41. The second-order valence-electron chi connectivity index (χ2n) is 6.70. The van der Waals surface area contributed by atoms with Gasteiger partial charge in [-0.15, -0.1) is 0 Å². The van der Waals surface area contributed by atoms with Crippen molar-refractivity contribution in [2.45, 2.75) is 5.60 Å². The maximum Gasteiger partial charge on any atom is 0.152 e. The van der Waals surface area contributed by atoms with Crippen molar-refractivity contribution in [2.24, 2.45) is 0 Å². The summed E-state index contributed by atoms with van der Waals surface area (Å²) in [6.07, 6.45) is 0. The topological polar surface area (TPSA) is 55.4 Å². The zero-order chi connectivity index (χ0) is 21.9. The van der Waals surface area contributed by atoms with E-state index in [4.69, 9.17) is 28.4 Å². The number of hydrogen-bond donors (Lipinski definition) is 0. The first-order valence-corrected chi connectivity index (χ1v) is 9.87. The van der Waals surface area contributed by atoms with Crippen LogP contribution in [0.3, 0.4) is 0 Å². The van der Waals surface area contributed by atoms with Gasteiger partial charge in [0.2, 0.25) is 0 Å². The fourth-order valence-corrected chi connectivity index (χ4v) is 3.41. The molecular formula is C25H28O6. The number of rotatable bonds is 12. The Morgan fingerprint density at radius 3 is 1.52 bits per heavy atom. The monoisotopic (exact) mass is 424 g/mol. The van der Waals surface area contributed by atoms with Gasteiger partial charge in [-0.3, -0.25) is 0 Å². The maximum absolute atomic E-state index is 6.49. The molecule has 3 aromatic rings. The zero-order valence-corrected chi connectivity index (χ0v) is 18.1. The van der Waals surface area contributed by atoms with E-state index in [-0.39, 0.29) is 20.4 Å². The van der Waals surface area contributed by atoms with Crippen molar-refractivity contribution in [3.05, 3.63) is 95.6 Å². The van der Waals surface area contributed by atoms with Gasteiger partial charge in [0, 0.05) is 7.11 Å². The first-order chi connectivity index (χ1) is 15.2. The highest BCUT2D eigenvalue weighted by Gasteiger charge is 2.38. The van der Waals surface area contributed by atoms with Gasteiger partial charge in [-0.1, -0.05) is 54.6 Å². The molecule has 0 radical (unpaired) electrons. The van der Waals surface area contributed by atoms with E-state index in [1.807, 2.05) is 78.9 Å². The van der Waals surface area contributed by atoms with Crippen LogP contribution in [0.5, 0.6) is 11.5 Å². The Kier molecular flexibility index (Phi) is 8.44. The molecule has 0 saturated carbocycles. The van der Waals surface area contributed by atoms with Crippen LogP contribution in [-0.2, 0) is 24.5 Å². The Morgan fingerprint density at radius 2 is 1.03 bits per heavy atom. The third-order valence-corrected chi connectivity index (χ3v) is 4.90.